The zero-order valence-corrected chi connectivity index (χ0v) is 6.54. The molecule has 0 saturated heterocycles. The van der Waals surface area contributed by atoms with Crippen LogP contribution in [0.1, 0.15) is 25.3 Å². The number of hydrogen-bond acceptors (Lipinski definition) is 3. The van der Waals surface area contributed by atoms with E-state index in [0.29, 0.717) is 11.2 Å². The predicted molar refractivity (Wildman–Crippen MR) is 43.0 cm³/mol. The minimum atomic E-state index is 0.306. The fourth-order valence-corrected chi connectivity index (χ4v) is 1.31. The fourth-order valence-electron chi connectivity index (χ4n) is 1.31. The number of nitrogen functional groups attached to an aromatic ring is 1. The van der Waals surface area contributed by atoms with Gasteiger partial charge in [0.05, 0.1) is 6.20 Å². The molecule has 1 aliphatic rings. The first-order valence-electron chi connectivity index (χ1n) is 3.80. The van der Waals surface area contributed by atoms with Crippen LogP contribution >= 0.6 is 0 Å². The van der Waals surface area contributed by atoms with Crippen LogP contribution in [-0.4, -0.2) is 10.2 Å². The summed E-state index contributed by atoms with van der Waals surface area (Å²) >= 11 is 0. The van der Waals surface area contributed by atoms with E-state index in [1.54, 1.807) is 6.20 Å². The second-order valence-corrected chi connectivity index (χ2v) is 3.39. The Morgan fingerprint density at radius 1 is 1.55 bits per heavy atom. The smallest absolute Gasteiger partial charge is 0.149 e. The molecule has 2 N–H and O–H groups in total. The SMILES string of the molecule is CC1(c2ccnnc2N)CC1. The van der Waals surface area contributed by atoms with Crippen molar-refractivity contribution in [3.8, 4) is 0 Å². The van der Waals surface area contributed by atoms with Crippen molar-refractivity contribution in [2.24, 2.45) is 0 Å². The minimum absolute atomic E-state index is 0.306. The second-order valence-electron chi connectivity index (χ2n) is 3.39. The number of nitrogens with two attached hydrogens (primary N) is 1. The van der Waals surface area contributed by atoms with Crippen LogP contribution < -0.4 is 5.73 Å². The molecule has 0 bridgehead atoms. The maximum Gasteiger partial charge on any atom is 0.149 e. The predicted octanol–water partition coefficient (Wildman–Crippen LogP) is 1.11. The van der Waals surface area contributed by atoms with Crippen molar-refractivity contribution in [3.63, 3.8) is 0 Å². The first-order valence-corrected chi connectivity index (χ1v) is 3.80. The van der Waals surface area contributed by atoms with Crippen molar-refractivity contribution in [3.05, 3.63) is 17.8 Å². The molecule has 0 radical (unpaired) electrons. The molecule has 1 fully saturated rings. The lowest BCUT2D eigenvalue weighted by molar-refractivity contribution is 0.777. The standard InChI is InChI=1S/C8H11N3/c1-8(3-4-8)6-2-5-10-11-7(6)9/h2,5H,3-4H2,1H3,(H2,9,11). The molecule has 0 atom stereocenters. The topological polar surface area (TPSA) is 51.8 Å². The summed E-state index contributed by atoms with van der Waals surface area (Å²) in [7, 11) is 0. The Hall–Kier alpha value is -1.12. The number of nitrogens with zero attached hydrogens (tertiary/aromatic N) is 2. The van der Waals surface area contributed by atoms with Gasteiger partial charge in [0.15, 0.2) is 0 Å². The Morgan fingerprint density at radius 3 is 2.82 bits per heavy atom. The maximum absolute atomic E-state index is 5.67. The van der Waals surface area contributed by atoms with Gasteiger partial charge in [-0.3, -0.25) is 0 Å². The van der Waals surface area contributed by atoms with Gasteiger partial charge in [-0.1, -0.05) is 6.92 Å². The highest BCUT2D eigenvalue weighted by Gasteiger charge is 2.40. The highest BCUT2D eigenvalue weighted by atomic mass is 15.1. The van der Waals surface area contributed by atoms with Gasteiger partial charge in [-0.25, -0.2) is 0 Å². The molecular formula is C8H11N3. The van der Waals surface area contributed by atoms with Crippen molar-refractivity contribution in [1.82, 2.24) is 10.2 Å². The van der Waals surface area contributed by atoms with Crippen LogP contribution in [-0.2, 0) is 5.41 Å². The van der Waals surface area contributed by atoms with E-state index in [-0.39, 0.29) is 0 Å². The Balaban J connectivity index is 2.45. The average molecular weight is 149 g/mol. The van der Waals surface area contributed by atoms with Crippen molar-refractivity contribution < 1.29 is 0 Å². The van der Waals surface area contributed by atoms with Crippen molar-refractivity contribution in [2.75, 3.05) is 5.73 Å². The largest absolute Gasteiger partial charge is 0.382 e. The van der Waals surface area contributed by atoms with Crippen molar-refractivity contribution in [1.29, 1.82) is 0 Å². The molecule has 1 aliphatic carbocycles. The second kappa shape index (κ2) is 1.94. The maximum atomic E-state index is 5.67. The molecule has 58 valence electrons. The summed E-state index contributed by atoms with van der Waals surface area (Å²) in [5.41, 5.74) is 7.14. The third-order valence-corrected chi connectivity index (χ3v) is 2.40. The van der Waals surface area contributed by atoms with E-state index < -0.39 is 0 Å². The third kappa shape index (κ3) is 0.964. The fraction of sp³-hybridized carbons (Fsp3) is 0.500. The molecule has 1 aromatic rings. The van der Waals surface area contributed by atoms with Crippen molar-refractivity contribution in [2.45, 2.75) is 25.2 Å². The lowest BCUT2D eigenvalue weighted by Crippen LogP contribution is -2.06. The molecule has 0 unspecified atom stereocenters. The summed E-state index contributed by atoms with van der Waals surface area (Å²) in [6, 6.07) is 1.97. The lowest BCUT2D eigenvalue weighted by atomic mass is 10.0. The highest BCUT2D eigenvalue weighted by molar-refractivity contribution is 5.45. The zero-order chi connectivity index (χ0) is 7.90. The lowest BCUT2D eigenvalue weighted by Gasteiger charge is -2.08. The van der Waals surface area contributed by atoms with Crippen LogP contribution in [0.4, 0.5) is 5.82 Å². The number of hydrogen-bond donors (Lipinski definition) is 1. The summed E-state index contributed by atoms with van der Waals surface area (Å²) in [5.74, 6) is 0.590. The van der Waals surface area contributed by atoms with Gasteiger partial charge in [-0.05, 0) is 24.3 Å². The first-order chi connectivity index (χ1) is 5.22. The van der Waals surface area contributed by atoms with Crippen LogP contribution in [0.5, 0.6) is 0 Å². The van der Waals surface area contributed by atoms with Gasteiger partial charge in [0.2, 0.25) is 0 Å². The molecule has 0 aromatic carbocycles. The number of rotatable bonds is 1. The first kappa shape index (κ1) is 6.58. The Bertz CT molecular complexity index is 278. The quantitative estimate of drug-likeness (QED) is 0.650. The molecule has 3 nitrogen and oxygen atoms in total. The number of aromatic nitrogens is 2. The molecule has 0 spiro atoms. The van der Waals surface area contributed by atoms with E-state index in [1.165, 1.54) is 12.8 Å². The Labute approximate surface area is 65.6 Å². The monoisotopic (exact) mass is 149 g/mol. The van der Waals surface area contributed by atoms with Crippen LogP contribution in [0.2, 0.25) is 0 Å². The van der Waals surface area contributed by atoms with Gasteiger partial charge in [-0.2, -0.15) is 5.10 Å². The molecule has 1 saturated carbocycles. The van der Waals surface area contributed by atoms with E-state index in [1.807, 2.05) is 6.07 Å². The molecule has 11 heavy (non-hydrogen) atoms. The van der Waals surface area contributed by atoms with Gasteiger partial charge >= 0.3 is 0 Å². The zero-order valence-electron chi connectivity index (χ0n) is 6.54. The van der Waals surface area contributed by atoms with Crippen LogP contribution in [0, 0.1) is 0 Å². The van der Waals surface area contributed by atoms with E-state index >= 15 is 0 Å². The minimum Gasteiger partial charge on any atom is -0.382 e. The van der Waals surface area contributed by atoms with Gasteiger partial charge < -0.3 is 5.73 Å². The number of anilines is 1. The van der Waals surface area contributed by atoms with Crippen LogP contribution in [0.3, 0.4) is 0 Å². The normalized spacial score (nSPS) is 19.7. The molecule has 0 aliphatic heterocycles. The summed E-state index contributed by atoms with van der Waals surface area (Å²) in [4.78, 5) is 0. The molecule has 1 heterocycles. The molecular weight excluding hydrogens is 138 g/mol. The van der Waals surface area contributed by atoms with Crippen molar-refractivity contribution >= 4 is 5.82 Å². The van der Waals surface area contributed by atoms with Crippen LogP contribution in [0.25, 0.3) is 0 Å². The summed E-state index contributed by atoms with van der Waals surface area (Å²) in [6.07, 6.45) is 4.15. The molecule has 1 aromatic heterocycles. The third-order valence-electron chi connectivity index (χ3n) is 2.40. The van der Waals surface area contributed by atoms with Gasteiger partial charge in [0.1, 0.15) is 5.82 Å². The summed E-state index contributed by atoms with van der Waals surface area (Å²) in [6.45, 7) is 2.21. The molecule has 2 rings (SSSR count). The van der Waals surface area contributed by atoms with Gasteiger partial charge in [-0.15, -0.1) is 5.10 Å². The average Bonchev–Trinajstić information content (AvgIpc) is 2.70. The molecule has 0 amide bonds. The summed E-state index contributed by atoms with van der Waals surface area (Å²) in [5, 5.41) is 7.52. The van der Waals surface area contributed by atoms with Crippen LogP contribution in [0.15, 0.2) is 12.3 Å². The molecule has 3 heteroatoms. The van der Waals surface area contributed by atoms with Gasteiger partial charge in [0, 0.05) is 5.56 Å². The van der Waals surface area contributed by atoms with E-state index in [4.69, 9.17) is 5.73 Å². The van der Waals surface area contributed by atoms with Gasteiger partial charge in [0.25, 0.3) is 0 Å². The van der Waals surface area contributed by atoms with E-state index in [0.717, 1.165) is 5.56 Å². The van der Waals surface area contributed by atoms with E-state index in [2.05, 4.69) is 17.1 Å². The Morgan fingerprint density at radius 2 is 2.27 bits per heavy atom. The Kier molecular flexibility index (Phi) is 1.16. The highest BCUT2D eigenvalue weighted by Crippen LogP contribution is 2.48. The summed E-state index contributed by atoms with van der Waals surface area (Å²) < 4.78 is 0. The van der Waals surface area contributed by atoms with E-state index in [9.17, 15) is 0 Å².